The predicted molar refractivity (Wildman–Crippen MR) is 97.7 cm³/mol. The van der Waals surface area contributed by atoms with Crippen molar-refractivity contribution >= 4 is 0 Å². The first kappa shape index (κ1) is 18.5. The topological polar surface area (TPSA) is 9.23 Å². The summed E-state index contributed by atoms with van der Waals surface area (Å²) in [7, 11) is 0. The average Bonchev–Trinajstić information content (AvgIpc) is 2.43. The van der Waals surface area contributed by atoms with E-state index in [1.165, 1.54) is 12.8 Å². The molecule has 0 amide bonds. The van der Waals surface area contributed by atoms with E-state index in [1.807, 2.05) is 32.9 Å². The summed E-state index contributed by atoms with van der Waals surface area (Å²) in [6, 6.07) is 0. The fourth-order valence-corrected chi connectivity index (χ4v) is 2.57. The molecular weight excluding hydrogens is 268 g/mol. The molecule has 0 unspecified atom stereocenters. The van der Waals surface area contributed by atoms with Crippen LogP contribution in [0.25, 0.3) is 0 Å². The Balaban J connectivity index is 2.76. The van der Waals surface area contributed by atoms with Gasteiger partial charge in [-0.3, -0.25) is 0 Å². The third-order valence-electron chi connectivity index (χ3n) is 4.21. The summed E-state index contributed by atoms with van der Waals surface area (Å²) in [4.78, 5) is 0. The molecule has 1 aliphatic rings. The quantitative estimate of drug-likeness (QED) is 0.401. The molecule has 122 valence electrons. The molecule has 0 aliphatic heterocycles. The van der Waals surface area contributed by atoms with Crippen molar-refractivity contribution in [2.24, 2.45) is 5.41 Å². The first-order chi connectivity index (χ1) is 10.2. The Kier molecular flexibility index (Phi) is 6.93. The van der Waals surface area contributed by atoms with Crippen molar-refractivity contribution in [3.05, 3.63) is 59.9 Å². The lowest BCUT2D eigenvalue weighted by Gasteiger charge is -2.34. The Morgan fingerprint density at radius 3 is 2.14 bits per heavy atom. The smallest absolute Gasteiger partial charge is 0.116 e. The van der Waals surface area contributed by atoms with Gasteiger partial charge in [0.25, 0.3) is 0 Å². The number of allylic oxidation sites excluding steroid dienone is 7. The van der Waals surface area contributed by atoms with E-state index < -0.39 is 0 Å². The van der Waals surface area contributed by atoms with Crippen molar-refractivity contribution in [2.45, 2.75) is 66.4 Å². The van der Waals surface area contributed by atoms with Gasteiger partial charge in [0.15, 0.2) is 0 Å². The summed E-state index contributed by atoms with van der Waals surface area (Å²) in [6.45, 7) is 18.7. The number of ether oxygens (including phenoxy) is 1. The molecular formula is C21H32O. The van der Waals surface area contributed by atoms with Gasteiger partial charge < -0.3 is 4.74 Å². The molecule has 0 spiro atoms. The molecule has 0 radical (unpaired) electrons. The van der Waals surface area contributed by atoms with Crippen LogP contribution in [0, 0.1) is 5.41 Å². The summed E-state index contributed by atoms with van der Waals surface area (Å²) in [5.74, 6) is 0.939. The first-order valence-electron chi connectivity index (χ1n) is 8.27. The van der Waals surface area contributed by atoms with Crippen LogP contribution in [0.5, 0.6) is 0 Å². The van der Waals surface area contributed by atoms with E-state index in [-0.39, 0.29) is 0 Å². The second kappa shape index (κ2) is 8.22. The van der Waals surface area contributed by atoms with Crippen LogP contribution in [0.1, 0.15) is 60.3 Å². The van der Waals surface area contributed by atoms with Gasteiger partial charge in [-0.1, -0.05) is 50.3 Å². The van der Waals surface area contributed by atoms with E-state index in [1.54, 1.807) is 0 Å². The van der Waals surface area contributed by atoms with Gasteiger partial charge in [0.2, 0.25) is 0 Å². The van der Waals surface area contributed by atoms with Crippen molar-refractivity contribution in [3.63, 3.8) is 0 Å². The Hall–Kier alpha value is -1.50. The maximum atomic E-state index is 6.21. The van der Waals surface area contributed by atoms with Crippen molar-refractivity contribution in [1.82, 2.24) is 0 Å². The molecule has 0 aromatic rings. The third-order valence-corrected chi connectivity index (χ3v) is 4.21. The maximum Gasteiger partial charge on any atom is 0.116 e. The van der Waals surface area contributed by atoms with Gasteiger partial charge in [-0.25, -0.2) is 0 Å². The summed E-state index contributed by atoms with van der Waals surface area (Å²) in [5.41, 5.74) is 3.63. The number of hydrogen-bond acceptors (Lipinski definition) is 1. The summed E-state index contributed by atoms with van der Waals surface area (Å²) < 4.78 is 6.21. The molecule has 0 heterocycles. The minimum atomic E-state index is 0.340. The monoisotopic (exact) mass is 300 g/mol. The van der Waals surface area contributed by atoms with Crippen LogP contribution in [0.15, 0.2) is 59.9 Å². The van der Waals surface area contributed by atoms with Crippen molar-refractivity contribution in [3.8, 4) is 0 Å². The summed E-state index contributed by atoms with van der Waals surface area (Å²) in [6.07, 6.45) is 13.3. The van der Waals surface area contributed by atoms with Crippen LogP contribution in [-0.4, -0.2) is 6.10 Å². The Bertz CT molecular complexity index is 490. The lowest BCUT2D eigenvalue weighted by Crippen LogP contribution is -2.26. The highest BCUT2D eigenvalue weighted by Crippen LogP contribution is 2.37. The molecule has 0 bridgehead atoms. The van der Waals surface area contributed by atoms with E-state index in [0.717, 1.165) is 35.3 Å². The Morgan fingerprint density at radius 2 is 1.68 bits per heavy atom. The molecule has 1 saturated carbocycles. The zero-order valence-electron chi connectivity index (χ0n) is 15.0. The van der Waals surface area contributed by atoms with Crippen LogP contribution in [0.3, 0.4) is 0 Å². The molecule has 0 saturated heterocycles. The molecule has 22 heavy (non-hydrogen) atoms. The molecule has 1 fully saturated rings. The number of rotatable bonds is 6. The molecule has 1 heteroatoms. The maximum absolute atomic E-state index is 6.21. The summed E-state index contributed by atoms with van der Waals surface area (Å²) >= 11 is 0. The van der Waals surface area contributed by atoms with E-state index in [9.17, 15) is 0 Å². The minimum Gasteiger partial charge on any atom is -0.491 e. The van der Waals surface area contributed by atoms with Crippen LogP contribution in [0.2, 0.25) is 0 Å². The highest BCUT2D eigenvalue weighted by Gasteiger charge is 2.27. The van der Waals surface area contributed by atoms with Crippen LogP contribution in [0.4, 0.5) is 0 Å². The van der Waals surface area contributed by atoms with Crippen molar-refractivity contribution in [2.75, 3.05) is 0 Å². The largest absolute Gasteiger partial charge is 0.491 e. The van der Waals surface area contributed by atoms with Gasteiger partial charge in [-0.2, -0.15) is 0 Å². The molecule has 0 N–H and O–H groups in total. The van der Waals surface area contributed by atoms with Crippen LogP contribution >= 0.6 is 0 Å². The van der Waals surface area contributed by atoms with E-state index in [2.05, 4.69) is 39.2 Å². The Morgan fingerprint density at radius 1 is 1.09 bits per heavy atom. The lowest BCUT2D eigenvalue weighted by molar-refractivity contribution is 0.0525. The molecule has 1 aliphatic carbocycles. The van der Waals surface area contributed by atoms with Gasteiger partial charge in [-0.15, -0.1) is 0 Å². The molecule has 0 aromatic heterocycles. The van der Waals surface area contributed by atoms with Gasteiger partial charge in [0.05, 0.1) is 6.10 Å². The van der Waals surface area contributed by atoms with E-state index in [4.69, 9.17) is 4.74 Å². The van der Waals surface area contributed by atoms with Crippen LogP contribution < -0.4 is 0 Å². The van der Waals surface area contributed by atoms with Crippen LogP contribution in [-0.2, 0) is 4.74 Å². The number of hydrogen-bond donors (Lipinski definition) is 0. The first-order valence-corrected chi connectivity index (χ1v) is 8.27. The molecule has 0 aromatic carbocycles. The average molecular weight is 300 g/mol. The fourth-order valence-electron chi connectivity index (χ4n) is 2.57. The van der Waals surface area contributed by atoms with Crippen molar-refractivity contribution in [1.29, 1.82) is 0 Å². The van der Waals surface area contributed by atoms with Gasteiger partial charge in [0.1, 0.15) is 5.76 Å². The molecule has 1 nitrogen and oxygen atoms in total. The lowest BCUT2D eigenvalue weighted by atomic mass is 9.76. The zero-order valence-corrected chi connectivity index (χ0v) is 15.0. The van der Waals surface area contributed by atoms with E-state index >= 15 is 0 Å². The molecule has 1 rings (SSSR count). The zero-order chi connectivity index (χ0) is 16.8. The fraction of sp³-hybridized carbons (Fsp3) is 0.524. The second-order valence-corrected chi connectivity index (χ2v) is 7.23. The van der Waals surface area contributed by atoms with Crippen molar-refractivity contribution < 1.29 is 4.74 Å². The highest BCUT2D eigenvalue weighted by atomic mass is 16.5. The SMILES string of the molecule is C=C(C)\C=C/C(=C/C(=C\C)OC1CCC(C)(C)CC1)C(=C)C. The summed E-state index contributed by atoms with van der Waals surface area (Å²) in [5, 5.41) is 0. The van der Waals surface area contributed by atoms with Gasteiger partial charge in [-0.05, 0) is 69.6 Å². The minimum absolute atomic E-state index is 0.340. The second-order valence-electron chi connectivity index (χ2n) is 7.23. The standard InChI is InChI=1S/C21H32O/c1-8-19(15-18(17(4)5)10-9-16(2)3)22-20-11-13-21(6,7)14-12-20/h8-10,15,20H,2,4,11-14H2,1,3,5-7H3/b10-9-,18-15-,19-8+. The molecule has 0 atom stereocenters. The normalized spacial score (nSPS) is 20.2. The predicted octanol–water partition coefficient (Wildman–Crippen LogP) is 6.51. The third kappa shape index (κ3) is 6.51. The van der Waals surface area contributed by atoms with Gasteiger partial charge >= 0.3 is 0 Å². The highest BCUT2D eigenvalue weighted by molar-refractivity contribution is 5.42. The van der Waals surface area contributed by atoms with Gasteiger partial charge in [0, 0.05) is 0 Å². The van der Waals surface area contributed by atoms with E-state index in [0.29, 0.717) is 11.5 Å². The Labute approximate surface area is 137 Å².